The third-order valence-corrected chi connectivity index (χ3v) is 3.19. The van der Waals surface area contributed by atoms with E-state index in [1.54, 1.807) is 0 Å². The Morgan fingerprint density at radius 2 is 2.46 bits per heavy atom. The number of hydrogen-bond donors (Lipinski definition) is 1. The van der Waals surface area contributed by atoms with Gasteiger partial charge in [0, 0.05) is 36.5 Å². The first-order valence-electron chi connectivity index (χ1n) is 4.52. The van der Waals surface area contributed by atoms with Crippen LogP contribution in [0.25, 0.3) is 0 Å². The highest BCUT2D eigenvalue weighted by molar-refractivity contribution is 7.98. The van der Waals surface area contributed by atoms with Gasteiger partial charge in [-0.1, -0.05) is 6.92 Å². The summed E-state index contributed by atoms with van der Waals surface area (Å²) in [6.07, 6.45) is 4.79. The van der Waals surface area contributed by atoms with E-state index in [2.05, 4.69) is 11.9 Å². The third kappa shape index (κ3) is 3.40. The average Bonchev–Trinajstić information content (AvgIpc) is 2.52. The number of hydrogen-bond acceptors (Lipinski definition) is 3. The molecular weight excluding hydrogens is 182 g/mol. The molecule has 1 heterocycles. The van der Waals surface area contributed by atoms with Crippen molar-refractivity contribution in [3.8, 4) is 0 Å². The summed E-state index contributed by atoms with van der Waals surface area (Å²) in [7, 11) is 2.02. The minimum absolute atomic E-state index is 0.332. The summed E-state index contributed by atoms with van der Waals surface area (Å²) in [6, 6.07) is 0.332. The first-order chi connectivity index (χ1) is 6.24. The Balaban J connectivity index is 2.24. The maximum atomic E-state index is 5.81. The SMILES string of the molecule is CCC(N)CSCc1cncn1C. The molecule has 74 valence electrons. The van der Waals surface area contributed by atoms with Gasteiger partial charge in [-0.2, -0.15) is 11.8 Å². The van der Waals surface area contributed by atoms with Crippen molar-refractivity contribution in [1.82, 2.24) is 9.55 Å². The lowest BCUT2D eigenvalue weighted by molar-refractivity contribution is 0.724. The van der Waals surface area contributed by atoms with Gasteiger partial charge in [0.25, 0.3) is 0 Å². The molecule has 1 atom stereocenters. The second-order valence-electron chi connectivity index (χ2n) is 3.18. The van der Waals surface area contributed by atoms with E-state index < -0.39 is 0 Å². The molecule has 0 spiro atoms. The van der Waals surface area contributed by atoms with Crippen molar-refractivity contribution in [2.75, 3.05) is 5.75 Å². The molecule has 0 saturated carbocycles. The van der Waals surface area contributed by atoms with Gasteiger partial charge in [0.15, 0.2) is 0 Å². The van der Waals surface area contributed by atoms with Crippen molar-refractivity contribution in [3.05, 3.63) is 18.2 Å². The van der Waals surface area contributed by atoms with Crippen molar-refractivity contribution in [2.24, 2.45) is 12.8 Å². The quantitative estimate of drug-likeness (QED) is 0.779. The third-order valence-electron chi connectivity index (χ3n) is 2.02. The summed E-state index contributed by atoms with van der Waals surface area (Å²) < 4.78 is 2.05. The zero-order valence-electron chi connectivity index (χ0n) is 8.23. The molecule has 1 aromatic heterocycles. The number of aromatic nitrogens is 2. The number of aryl methyl sites for hydroxylation is 1. The highest BCUT2D eigenvalue weighted by Gasteiger charge is 2.01. The first-order valence-corrected chi connectivity index (χ1v) is 5.68. The van der Waals surface area contributed by atoms with Crippen molar-refractivity contribution in [3.63, 3.8) is 0 Å². The number of rotatable bonds is 5. The Morgan fingerprint density at radius 1 is 1.69 bits per heavy atom. The molecule has 0 aromatic carbocycles. The van der Waals surface area contributed by atoms with Crippen LogP contribution in [0.2, 0.25) is 0 Å². The van der Waals surface area contributed by atoms with Gasteiger partial charge in [0.2, 0.25) is 0 Å². The molecule has 2 N–H and O–H groups in total. The monoisotopic (exact) mass is 199 g/mol. The number of thioether (sulfide) groups is 1. The predicted octanol–water partition coefficient (Wildman–Crippen LogP) is 1.39. The normalized spacial score (nSPS) is 13.2. The second kappa shape index (κ2) is 5.29. The molecule has 0 aliphatic rings. The summed E-state index contributed by atoms with van der Waals surface area (Å²) in [5.41, 5.74) is 7.06. The lowest BCUT2D eigenvalue weighted by atomic mass is 10.3. The predicted molar refractivity (Wildman–Crippen MR) is 57.6 cm³/mol. The lowest BCUT2D eigenvalue weighted by Crippen LogP contribution is -2.21. The van der Waals surface area contributed by atoms with Gasteiger partial charge in [0.05, 0.1) is 6.33 Å². The largest absolute Gasteiger partial charge is 0.337 e. The topological polar surface area (TPSA) is 43.8 Å². The molecule has 0 fully saturated rings. The number of imidazole rings is 1. The van der Waals surface area contributed by atoms with E-state index in [0.29, 0.717) is 6.04 Å². The summed E-state index contributed by atoms with van der Waals surface area (Å²) in [5.74, 6) is 2.03. The van der Waals surface area contributed by atoms with Gasteiger partial charge < -0.3 is 10.3 Å². The maximum Gasteiger partial charge on any atom is 0.0945 e. The van der Waals surface area contributed by atoms with Gasteiger partial charge in [-0.3, -0.25) is 0 Å². The van der Waals surface area contributed by atoms with Crippen LogP contribution in [0.3, 0.4) is 0 Å². The second-order valence-corrected chi connectivity index (χ2v) is 4.21. The molecule has 3 nitrogen and oxygen atoms in total. The van der Waals surface area contributed by atoms with E-state index in [1.807, 2.05) is 35.9 Å². The summed E-state index contributed by atoms with van der Waals surface area (Å²) in [4.78, 5) is 4.06. The van der Waals surface area contributed by atoms with E-state index in [9.17, 15) is 0 Å². The van der Waals surface area contributed by atoms with Crippen LogP contribution in [0.1, 0.15) is 19.0 Å². The molecule has 0 radical (unpaired) electrons. The Morgan fingerprint density at radius 3 is 3.00 bits per heavy atom. The van der Waals surface area contributed by atoms with Crippen LogP contribution in [0.5, 0.6) is 0 Å². The number of nitrogens with zero attached hydrogens (tertiary/aromatic N) is 2. The smallest absolute Gasteiger partial charge is 0.0945 e. The molecule has 0 aliphatic heterocycles. The van der Waals surface area contributed by atoms with Crippen molar-refractivity contribution >= 4 is 11.8 Å². The molecule has 1 aromatic rings. The molecule has 4 heteroatoms. The average molecular weight is 199 g/mol. The van der Waals surface area contributed by atoms with Crippen molar-refractivity contribution in [1.29, 1.82) is 0 Å². The summed E-state index contributed by atoms with van der Waals surface area (Å²) in [5, 5.41) is 0. The molecule has 1 unspecified atom stereocenters. The minimum Gasteiger partial charge on any atom is -0.337 e. The fourth-order valence-electron chi connectivity index (χ4n) is 0.956. The molecule has 13 heavy (non-hydrogen) atoms. The Kier molecular flexibility index (Phi) is 4.32. The van der Waals surface area contributed by atoms with Crippen LogP contribution in [-0.4, -0.2) is 21.3 Å². The molecule has 1 rings (SSSR count). The van der Waals surface area contributed by atoms with Crippen LogP contribution in [0.4, 0.5) is 0 Å². The Bertz CT molecular complexity index is 247. The fourth-order valence-corrected chi connectivity index (χ4v) is 2.10. The first kappa shape index (κ1) is 10.6. The number of nitrogens with two attached hydrogens (primary N) is 1. The van der Waals surface area contributed by atoms with Gasteiger partial charge in [-0.25, -0.2) is 4.98 Å². The van der Waals surface area contributed by atoms with Crippen LogP contribution < -0.4 is 5.73 Å². The van der Waals surface area contributed by atoms with E-state index in [0.717, 1.165) is 17.9 Å². The fraction of sp³-hybridized carbons (Fsp3) is 0.667. The van der Waals surface area contributed by atoms with Crippen LogP contribution >= 0.6 is 11.8 Å². The van der Waals surface area contributed by atoms with Gasteiger partial charge >= 0.3 is 0 Å². The highest BCUT2D eigenvalue weighted by atomic mass is 32.2. The zero-order chi connectivity index (χ0) is 9.68. The summed E-state index contributed by atoms with van der Waals surface area (Å²) >= 11 is 1.87. The maximum absolute atomic E-state index is 5.81. The minimum atomic E-state index is 0.332. The molecular formula is C9H17N3S. The molecule has 0 amide bonds. The van der Waals surface area contributed by atoms with Crippen LogP contribution in [-0.2, 0) is 12.8 Å². The van der Waals surface area contributed by atoms with E-state index in [4.69, 9.17) is 5.73 Å². The van der Waals surface area contributed by atoms with Crippen LogP contribution in [0.15, 0.2) is 12.5 Å². The standard InChI is InChI=1S/C9H17N3S/c1-3-8(10)5-13-6-9-4-11-7-12(9)2/h4,7-8H,3,5-6,10H2,1-2H3. The van der Waals surface area contributed by atoms with E-state index in [-0.39, 0.29) is 0 Å². The van der Waals surface area contributed by atoms with E-state index >= 15 is 0 Å². The Hall–Kier alpha value is -0.480. The summed E-state index contributed by atoms with van der Waals surface area (Å²) in [6.45, 7) is 2.12. The zero-order valence-corrected chi connectivity index (χ0v) is 9.05. The van der Waals surface area contributed by atoms with E-state index in [1.165, 1.54) is 5.69 Å². The lowest BCUT2D eigenvalue weighted by Gasteiger charge is -2.07. The molecule has 0 bridgehead atoms. The van der Waals surface area contributed by atoms with Crippen molar-refractivity contribution in [2.45, 2.75) is 25.1 Å². The molecule has 0 aliphatic carbocycles. The Labute approximate surface area is 83.7 Å². The van der Waals surface area contributed by atoms with Crippen molar-refractivity contribution < 1.29 is 0 Å². The molecule has 0 saturated heterocycles. The van der Waals surface area contributed by atoms with Gasteiger partial charge in [0.1, 0.15) is 0 Å². The van der Waals surface area contributed by atoms with Crippen LogP contribution in [0, 0.1) is 0 Å². The van der Waals surface area contributed by atoms with Gasteiger partial charge in [-0.05, 0) is 6.42 Å². The van der Waals surface area contributed by atoms with Gasteiger partial charge in [-0.15, -0.1) is 0 Å². The highest BCUT2D eigenvalue weighted by Crippen LogP contribution is 2.12.